The van der Waals surface area contributed by atoms with Crippen molar-refractivity contribution >= 4 is 51.7 Å². The highest BCUT2D eigenvalue weighted by Crippen LogP contribution is 2.26. The lowest BCUT2D eigenvalue weighted by Crippen LogP contribution is -1.99. The summed E-state index contributed by atoms with van der Waals surface area (Å²) in [5, 5.41) is 12.4. The zero-order valence-corrected chi connectivity index (χ0v) is 11.9. The third-order valence-corrected chi connectivity index (χ3v) is 3.19. The third kappa shape index (κ3) is 3.11. The summed E-state index contributed by atoms with van der Waals surface area (Å²) in [5.41, 5.74) is 0.877. The van der Waals surface area contributed by atoms with Gasteiger partial charge in [0.2, 0.25) is 0 Å². The van der Waals surface area contributed by atoms with Crippen LogP contribution in [0.3, 0.4) is 0 Å². The van der Waals surface area contributed by atoms with Gasteiger partial charge in [0.25, 0.3) is 0 Å². The van der Waals surface area contributed by atoms with E-state index in [0.29, 0.717) is 10.8 Å². The summed E-state index contributed by atoms with van der Waals surface area (Å²) in [7, 11) is 0. The van der Waals surface area contributed by atoms with Crippen LogP contribution < -0.4 is 5.32 Å². The van der Waals surface area contributed by atoms with Gasteiger partial charge in [-0.2, -0.15) is 0 Å². The lowest BCUT2D eigenvalue weighted by Gasteiger charge is -2.07. The van der Waals surface area contributed by atoms with Gasteiger partial charge in [0.05, 0.1) is 16.3 Å². The average Bonchev–Trinajstić information content (AvgIpc) is 2.33. The standard InChI is InChI=1S/C12H8ClIN2O2/c13-9-5-8(14)2-3-10(9)16-11-4-1-7(6-15-11)12(17)18/h1-6H,(H,15,16)(H,17,18). The quantitative estimate of drug-likeness (QED) is 0.803. The second-order valence-electron chi connectivity index (χ2n) is 3.49. The van der Waals surface area contributed by atoms with Gasteiger partial charge in [-0.1, -0.05) is 11.6 Å². The fraction of sp³-hybridized carbons (Fsp3) is 0. The summed E-state index contributed by atoms with van der Waals surface area (Å²) in [6, 6.07) is 8.67. The number of benzene rings is 1. The van der Waals surface area contributed by atoms with E-state index < -0.39 is 5.97 Å². The number of rotatable bonds is 3. The Labute approximate surface area is 122 Å². The number of aromatic nitrogens is 1. The van der Waals surface area contributed by atoms with E-state index in [1.54, 1.807) is 6.07 Å². The number of pyridine rings is 1. The molecule has 0 saturated heterocycles. The van der Waals surface area contributed by atoms with E-state index in [-0.39, 0.29) is 5.56 Å². The van der Waals surface area contributed by atoms with Crippen molar-refractivity contribution in [2.24, 2.45) is 0 Å². The van der Waals surface area contributed by atoms with E-state index in [9.17, 15) is 4.79 Å². The number of carbonyl (C=O) groups is 1. The van der Waals surface area contributed by atoms with Gasteiger partial charge in [0.1, 0.15) is 5.82 Å². The molecule has 18 heavy (non-hydrogen) atoms. The Hall–Kier alpha value is -1.34. The van der Waals surface area contributed by atoms with Crippen molar-refractivity contribution in [3.8, 4) is 0 Å². The molecule has 0 amide bonds. The molecule has 1 aromatic carbocycles. The lowest BCUT2D eigenvalue weighted by atomic mass is 10.3. The maximum atomic E-state index is 10.7. The summed E-state index contributed by atoms with van der Waals surface area (Å²) < 4.78 is 1.04. The molecule has 92 valence electrons. The van der Waals surface area contributed by atoms with Gasteiger partial charge in [0.15, 0.2) is 0 Å². The van der Waals surface area contributed by atoms with Gasteiger partial charge in [-0.3, -0.25) is 0 Å². The molecule has 6 heteroatoms. The van der Waals surface area contributed by atoms with E-state index in [2.05, 4.69) is 32.9 Å². The van der Waals surface area contributed by atoms with Crippen molar-refractivity contribution in [3.05, 3.63) is 50.7 Å². The van der Waals surface area contributed by atoms with Crippen LogP contribution in [0.25, 0.3) is 0 Å². The molecular formula is C12H8ClIN2O2. The van der Waals surface area contributed by atoms with Gasteiger partial charge in [-0.05, 0) is 52.9 Å². The van der Waals surface area contributed by atoms with Crippen LogP contribution in [0.4, 0.5) is 11.5 Å². The molecule has 2 aromatic rings. The van der Waals surface area contributed by atoms with Crippen LogP contribution in [-0.2, 0) is 0 Å². The molecular weight excluding hydrogens is 367 g/mol. The molecule has 0 spiro atoms. The highest BCUT2D eigenvalue weighted by molar-refractivity contribution is 14.1. The van der Waals surface area contributed by atoms with Gasteiger partial charge in [-0.25, -0.2) is 9.78 Å². The molecule has 0 aliphatic carbocycles. The van der Waals surface area contributed by atoms with Crippen molar-refractivity contribution in [3.63, 3.8) is 0 Å². The first-order chi connectivity index (χ1) is 8.56. The smallest absolute Gasteiger partial charge is 0.337 e. The fourth-order valence-corrected chi connectivity index (χ4v) is 2.23. The van der Waals surface area contributed by atoms with Gasteiger partial charge < -0.3 is 10.4 Å². The van der Waals surface area contributed by atoms with Crippen LogP contribution in [-0.4, -0.2) is 16.1 Å². The number of aromatic carboxylic acids is 1. The van der Waals surface area contributed by atoms with E-state index in [0.717, 1.165) is 9.26 Å². The first-order valence-electron chi connectivity index (χ1n) is 4.97. The van der Waals surface area contributed by atoms with Gasteiger partial charge in [0, 0.05) is 9.77 Å². The molecule has 0 bridgehead atoms. The number of nitrogens with one attached hydrogen (secondary N) is 1. The number of nitrogens with zero attached hydrogens (tertiary/aromatic N) is 1. The normalized spacial score (nSPS) is 10.1. The van der Waals surface area contributed by atoms with Crippen LogP contribution in [0.1, 0.15) is 10.4 Å². The minimum absolute atomic E-state index is 0.147. The Morgan fingerprint density at radius 3 is 2.67 bits per heavy atom. The first kappa shape index (κ1) is 13.1. The van der Waals surface area contributed by atoms with E-state index >= 15 is 0 Å². The minimum Gasteiger partial charge on any atom is -0.478 e. The van der Waals surface area contributed by atoms with Crippen LogP contribution in [0.15, 0.2) is 36.5 Å². The van der Waals surface area contributed by atoms with Crippen molar-refractivity contribution in [1.29, 1.82) is 0 Å². The SMILES string of the molecule is O=C(O)c1ccc(Nc2ccc(I)cc2Cl)nc1. The van der Waals surface area contributed by atoms with Gasteiger partial charge >= 0.3 is 5.97 Å². The second-order valence-corrected chi connectivity index (χ2v) is 5.14. The highest BCUT2D eigenvalue weighted by Gasteiger charge is 2.05. The molecule has 0 atom stereocenters. The summed E-state index contributed by atoms with van der Waals surface area (Å²) in [4.78, 5) is 14.7. The first-order valence-corrected chi connectivity index (χ1v) is 6.43. The molecule has 0 aliphatic rings. The van der Waals surface area contributed by atoms with E-state index in [1.165, 1.54) is 12.3 Å². The molecule has 4 nitrogen and oxygen atoms in total. The Kier molecular flexibility index (Phi) is 4.03. The minimum atomic E-state index is -0.999. The molecule has 0 fully saturated rings. The number of hydrogen-bond donors (Lipinski definition) is 2. The zero-order valence-electron chi connectivity index (χ0n) is 9.02. The molecule has 1 heterocycles. The summed E-state index contributed by atoms with van der Waals surface area (Å²) >= 11 is 8.24. The molecule has 0 radical (unpaired) electrons. The Morgan fingerprint density at radius 1 is 1.33 bits per heavy atom. The largest absolute Gasteiger partial charge is 0.478 e. The number of hydrogen-bond acceptors (Lipinski definition) is 3. The predicted molar refractivity (Wildman–Crippen MR) is 78.6 cm³/mol. The van der Waals surface area contributed by atoms with E-state index in [1.807, 2.05) is 18.2 Å². The molecule has 0 saturated carbocycles. The third-order valence-electron chi connectivity index (χ3n) is 2.20. The Morgan fingerprint density at radius 2 is 2.11 bits per heavy atom. The highest BCUT2D eigenvalue weighted by atomic mass is 127. The van der Waals surface area contributed by atoms with E-state index in [4.69, 9.17) is 16.7 Å². The van der Waals surface area contributed by atoms with Gasteiger partial charge in [-0.15, -0.1) is 0 Å². The number of halogens is 2. The van der Waals surface area contributed by atoms with Crippen LogP contribution >= 0.6 is 34.2 Å². The van der Waals surface area contributed by atoms with Crippen molar-refractivity contribution < 1.29 is 9.90 Å². The summed E-state index contributed by atoms with van der Waals surface area (Å²) in [5.74, 6) is -0.454. The average molecular weight is 375 g/mol. The van der Waals surface area contributed by atoms with Crippen LogP contribution in [0, 0.1) is 3.57 Å². The van der Waals surface area contributed by atoms with Crippen molar-refractivity contribution in [2.45, 2.75) is 0 Å². The molecule has 0 unspecified atom stereocenters. The molecule has 2 N–H and O–H groups in total. The lowest BCUT2D eigenvalue weighted by molar-refractivity contribution is 0.0696. The maximum absolute atomic E-state index is 10.7. The second kappa shape index (κ2) is 5.53. The number of carboxylic acid groups (broad SMARTS) is 1. The maximum Gasteiger partial charge on any atom is 0.337 e. The molecule has 1 aromatic heterocycles. The monoisotopic (exact) mass is 374 g/mol. The molecule has 2 rings (SSSR count). The zero-order chi connectivity index (χ0) is 13.1. The summed E-state index contributed by atoms with van der Waals surface area (Å²) in [6.07, 6.45) is 1.30. The Balaban J connectivity index is 2.21. The van der Waals surface area contributed by atoms with Crippen molar-refractivity contribution in [2.75, 3.05) is 5.32 Å². The predicted octanol–water partition coefficient (Wildman–Crippen LogP) is 3.78. The van der Waals surface area contributed by atoms with Crippen LogP contribution in [0.5, 0.6) is 0 Å². The topological polar surface area (TPSA) is 62.2 Å². The van der Waals surface area contributed by atoms with Crippen LogP contribution in [0.2, 0.25) is 5.02 Å². The number of carboxylic acids is 1. The number of anilines is 2. The van der Waals surface area contributed by atoms with Crippen molar-refractivity contribution in [1.82, 2.24) is 4.98 Å². The molecule has 0 aliphatic heterocycles. The Bertz CT molecular complexity index is 587. The fourth-order valence-electron chi connectivity index (χ4n) is 1.32. The summed E-state index contributed by atoms with van der Waals surface area (Å²) in [6.45, 7) is 0.